The Labute approximate surface area is 132 Å². The van der Waals surface area contributed by atoms with Crippen molar-refractivity contribution in [1.29, 1.82) is 0 Å². The minimum atomic E-state index is -0.187. The summed E-state index contributed by atoms with van der Waals surface area (Å²) in [6.07, 6.45) is 9.79. The average molecular weight is 302 g/mol. The van der Waals surface area contributed by atoms with E-state index in [1.807, 2.05) is 19.1 Å². The molecule has 0 aromatic carbocycles. The third-order valence-electron chi connectivity index (χ3n) is 4.33. The highest BCUT2D eigenvalue weighted by molar-refractivity contribution is 5.90. The van der Waals surface area contributed by atoms with Crippen LogP contribution in [0, 0.1) is 11.8 Å². The first-order valence-electron chi connectivity index (χ1n) is 8.11. The van der Waals surface area contributed by atoms with Gasteiger partial charge in [-0.1, -0.05) is 31.6 Å². The SMILES string of the molecule is CCOC(=O)C1=CC=C(CCC2=NC(N)=CCC2C)CC1C. The van der Waals surface area contributed by atoms with E-state index in [-0.39, 0.29) is 11.9 Å². The number of ether oxygens (including phenoxy) is 1. The number of hydrogen-bond donors (Lipinski definition) is 1. The zero-order chi connectivity index (χ0) is 16.1. The summed E-state index contributed by atoms with van der Waals surface area (Å²) in [5, 5.41) is 0. The Balaban J connectivity index is 1.97. The molecule has 0 spiro atoms. The number of rotatable bonds is 5. The molecule has 0 saturated carbocycles. The van der Waals surface area contributed by atoms with Gasteiger partial charge in [0.25, 0.3) is 0 Å². The van der Waals surface area contributed by atoms with E-state index in [0.29, 0.717) is 18.3 Å². The number of carbonyl (C=O) groups is 1. The van der Waals surface area contributed by atoms with E-state index in [0.717, 1.165) is 31.3 Å². The number of carbonyl (C=O) groups excluding carboxylic acids is 1. The molecule has 1 aliphatic carbocycles. The van der Waals surface area contributed by atoms with Crippen LogP contribution in [0.15, 0.2) is 40.2 Å². The summed E-state index contributed by atoms with van der Waals surface area (Å²) in [4.78, 5) is 16.3. The Hall–Kier alpha value is -1.84. The molecule has 120 valence electrons. The molecular weight excluding hydrogens is 276 g/mol. The zero-order valence-corrected chi connectivity index (χ0v) is 13.8. The normalized spacial score (nSPS) is 24.9. The van der Waals surface area contributed by atoms with Gasteiger partial charge in [0.1, 0.15) is 5.82 Å². The van der Waals surface area contributed by atoms with Gasteiger partial charge in [-0.3, -0.25) is 0 Å². The van der Waals surface area contributed by atoms with Crippen molar-refractivity contribution in [3.8, 4) is 0 Å². The predicted octanol–water partition coefficient (Wildman–Crippen LogP) is 3.50. The van der Waals surface area contributed by atoms with Crippen LogP contribution in [0.3, 0.4) is 0 Å². The molecule has 0 saturated heterocycles. The van der Waals surface area contributed by atoms with Crippen molar-refractivity contribution in [3.05, 3.63) is 35.2 Å². The van der Waals surface area contributed by atoms with Crippen molar-refractivity contribution in [1.82, 2.24) is 0 Å². The van der Waals surface area contributed by atoms with Crippen LogP contribution in [0.2, 0.25) is 0 Å². The second-order valence-corrected chi connectivity index (χ2v) is 6.14. The van der Waals surface area contributed by atoms with Gasteiger partial charge in [0.05, 0.1) is 6.61 Å². The van der Waals surface area contributed by atoms with E-state index >= 15 is 0 Å². The van der Waals surface area contributed by atoms with Crippen LogP contribution in [0.1, 0.15) is 46.5 Å². The maximum absolute atomic E-state index is 11.8. The van der Waals surface area contributed by atoms with Crippen LogP contribution >= 0.6 is 0 Å². The van der Waals surface area contributed by atoms with Crippen molar-refractivity contribution in [2.75, 3.05) is 6.61 Å². The number of aliphatic imine (C=N–C) groups is 1. The van der Waals surface area contributed by atoms with E-state index in [2.05, 4.69) is 24.9 Å². The lowest BCUT2D eigenvalue weighted by molar-refractivity contribution is -0.139. The van der Waals surface area contributed by atoms with E-state index in [1.54, 1.807) is 0 Å². The Bertz CT molecular complexity index is 555. The maximum atomic E-state index is 11.8. The van der Waals surface area contributed by atoms with Gasteiger partial charge < -0.3 is 10.5 Å². The van der Waals surface area contributed by atoms with Crippen molar-refractivity contribution in [2.24, 2.45) is 22.6 Å². The molecule has 2 aliphatic rings. The first-order valence-corrected chi connectivity index (χ1v) is 8.11. The summed E-state index contributed by atoms with van der Waals surface area (Å²) >= 11 is 0. The molecule has 0 bridgehead atoms. The molecule has 0 radical (unpaired) electrons. The summed E-state index contributed by atoms with van der Waals surface area (Å²) in [5.74, 6) is 1.14. The summed E-state index contributed by atoms with van der Waals surface area (Å²) < 4.78 is 5.09. The molecule has 1 aliphatic heterocycles. The number of nitrogens with two attached hydrogens (primary N) is 1. The molecule has 4 nitrogen and oxygen atoms in total. The Kier molecular flexibility index (Phi) is 5.58. The standard InChI is InChI=1S/C18H26N2O2/c1-4-22-18(21)15-8-6-14(11-13(15)3)7-9-16-12(2)5-10-17(19)20-16/h6,8,10,12-13H,4-5,7,9,11,19H2,1-3H3. The summed E-state index contributed by atoms with van der Waals surface area (Å²) in [6.45, 7) is 6.53. The van der Waals surface area contributed by atoms with Crippen LogP contribution < -0.4 is 5.73 Å². The van der Waals surface area contributed by atoms with Crippen LogP contribution in [-0.2, 0) is 9.53 Å². The number of allylic oxidation sites excluding steroid dienone is 4. The molecule has 0 aromatic rings. The van der Waals surface area contributed by atoms with Crippen molar-refractivity contribution >= 4 is 11.7 Å². The molecule has 4 heteroatoms. The maximum Gasteiger partial charge on any atom is 0.334 e. The van der Waals surface area contributed by atoms with Crippen LogP contribution in [-0.4, -0.2) is 18.3 Å². The molecule has 0 aromatic heterocycles. The molecule has 2 rings (SSSR count). The molecule has 0 amide bonds. The Morgan fingerprint density at radius 3 is 2.77 bits per heavy atom. The average Bonchev–Trinajstić information content (AvgIpc) is 2.48. The minimum Gasteiger partial charge on any atom is -0.463 e. The molecule has 2 atom stereocenters. The minimum absolute atomic E-state index is 0.187. The fourth-order valence-electron chi connectivity index (χ4n) is 2.96. The fraction of sp³-hybridized carbons (Fsp3) is 0.556. The fourth-order valence-corrected chi connectivity index (χ4v) is 2.96. The number of nitrogens with zero attached hydrogens (tertiary/aromatic N) is 1. The summed E-state index contributed by atoms with van der Waals surface area (Å²) in [6, 6.07) is 0. The van der Waals surface area contributed by atoms with Gasteiger partial charge in [-0.05, 0) is 50.5 Å². The lowest BCUT2D eigenvalue weighted by atomic mass is 9.85. The Morgan fingerprint density at radius 1 is 1.32 bits per heavy atom. The number of hydrogen-bond acceptors (Lipinski definition) is 4. The summed E-state index contributed by atoms with van der Waals surface area (Å²) in [5.41, 5.74) is 9.13. The quantitative estimate of drug-likeness (QED) is 0.790. The molecule has 1 heterocycles. The third kappa shape index (κ3) is 4.09. The van der Waals surface area contributed by atoms with E-state index in [1.165, 1.54) is 11.3 Å². The molecule has 22 heavy (non-hydrogen) atoms. The third-order valence-corrected chi connectivity index (χ3v) is 4.33. The highest BCUT2D eigenvalue weighted by Crippen LogP contribution is 2.29. The highest BCUT2D eigenvalue weighted by Gasteiger charge is 2.22. The van der Waals surface area contributed by atoms with Crippen molar-refractivity contribution in [3.63, 3.8) is 0 Å². The first kappa shape index (κ1) is 16.5. The van der Waals surface area contributed by atoms with Crippen molar-refractivity contribution < 1.29 is 9.53 Å². The molecule has 0 fully saturated rings. The molecular formula is C18H26N2O2. The van der Waals surface area contributed by atoms with Gasteiger partial charge >= 0.3 is 5.97 Å². The van der Waals surface area contributed by atoms with Gasteiger partial charge in [-0.15, -0.1) is 0 Å². The van der Waals surface area contributed by atoms with Gasteiger partial charge in [0.2, 0.25) is 0 Å². The number of esters is 1. The van der Waals surface area contributed by atoms with E-state index in [4.69, 9.17) is 10.5 Å². The van der Waals surface area contributed by atoms with Gasteiger partial charge in [-0.2, -0.15) is 0 Å². The van der Waals surface area contributed by atoms with Crippen LogP contribution in [0.25, 0.3) is 0 Å². The van der Waals surface area contributed by atoms with Gasteiger partial charge in [-0.25, -0.2) is 9.79 Å². The van der Waals surface area contributed by atoms with E-state index in [9.17, 15) is 4.79 Å². The predicted molar refractivity (Wildman–Crippen MR) is 89.3 cm³/mol. The second-order valence-electron chi connectivity index (χ2n) is 6.14. The summed E-state index contributed by atoms with van der Waals surface area (Å²) in [7, 11) is 0. The largest absolute Gasteiger partial charge is 0.463 e. The van der Waals surface area contributed by atoms with Gasteiger partial charge in [0.15, 0.2) is 0 Å². The Morgan fingerprint density at radius 2 is 2.09 bits per heavy atom. The zero-order valence-electron chi connectivity index (χ0n) is 13.8. The monoisotopic (exact) mass is 302 g/mol. The molecule has 2 unspecified atom stereocenters. The van der Waals surface area contributed by atoms with Crippen LogP contribution in [0.4, 0.5) is 0 Å². The second kappa shape index (κ2) is 7.43. The highest BCUT2D eigenvalue weighted by atomic mass is 16.5. The lowest BCUT2D eigenvalue weighted by Crippen LogP contribution is -2.19. The topological polar surface area (TPSA) is 64.7 Å². The first-order chi connectivity index (χ1) is 10.5. The lowest BCUT2D eigenvalue weighted by Gasteiger charge is -2.22. The van der Waals surface area contributed by atoms with E-state index < -0.39 is 0 Å². The van der Waals surface area contributed by atoms with Crippen LogP contribution in [0.5, 0.6) is 0 Å². The van der Waals surface area contributed by atoms with Crippen molar-refractivity contribution in [2.45, 2.75) is 46.5 Å². The van der Waals surface area contributed by atoms with Gasteiger partial charge in [0, 0.05) is 11.3 Å². The molecule has 2 N–H and O–H groups in total. The smallest absolute Gasteiger partial charge is 0.334 e.